The van der Waals surface area contributed by atoms with Crippen molar-refractivity contribution in [2.75, 3.05) is 31.5 Å². The Kier molecular flexibility index (Phi) is 6.07. The highest BCUT2D eigenvalue weighted by atomic mass is 127. The van der Waals surface area contributed by atoms with Crippen LogP contribution in [0.25, 0.3) is 0 Å². The number of carbonyl (C=O) groups is 1. The summed E-state index contributed by atoms with van der Waals surface area (Å²) in [7, 11) is 0. The van der Waals surface area contributed by atoms with E-state index in [2.05, 4.69) is 43.2 Å². The van der Waals surface area contributed by atoms with Gasteiger partial charge in [0.1, 0.15) is 0 Å². The number of anilines is 1. The number of thiazole rings is 1. The first-order valence-corrected chi connectivity index (χ1v) is 10.0. The molecule has 1 fully saturated rings. The van der Waals surface area contributed by atoms with Crippen molar-refractivity contribution in [1.29, 1.82) is 0 Å². The lowest BCUT2D eigenvalue weighted by Gasteiger charge is -2.22. The highest BCUT2D eigenvalue weighted by Gasteiger charge is 2.20. The van der Waals surface area contributed by atoms with E-state index in [4.69, 9.17) is 0 Å². The molecule has 1 N–H and O–H groups in total. The summed E-state index contributed by atoms with van der Waals surface area (Å²) in [5.41, 5.74) is 2.01. The van der Waals surface area contributed by atoms with E-state index in [9.17, 15) is 4.79 Å². The molecule has 5 nitrogen and oxygen atoms in total. The summed E-state index contributed by atoms with van der Waals surface area (Å²) in [6.07, 6.45) is 0.989. The lowest BCUT2D eigenvalue weighted by molar-refractivity contribution is 0.211. The van der Waals surface area contributed by atoms with Crippen molar-refractivity contribution in [2.45, 2.75) is 19.9 Å². The second-order valence-corrected chi connectivity index (χ2v) is 8.11. The van der Waals surface area contributed by atoms with Crippen LogP contribution >= 0.6 is 33.9 Å². The quantitative estimate of drug-likeness (QED) is 0.716. The van der Waals surface area contributed by atoms with Crippen LogP contribution < -0.4 is 5.32 Å². The molecule has 0 bridgehead atoms. The lowest BCUT2D eigenvalue weighted by Crippen LogP contribution is -2.38. The van der Waals surface area contributed by atoms with Crippen LogP contribution in [-0.4, -0.2) is 47.0 Å². The van der Waals surface area contributed by atoms with Crippen LogP contribution in [0, 0.1) is 10.5 Å². The van der Waals surface area contributed by atoms with Gasteiger partial charge in [0.25, 0.3) is 0 Å². The molecule has 0 radical (unpaired) electrons. The topological polar surface area (TPSA) is 48.5 Å². The van der Waals surface area contributed by atoms with Crippen LogP contribution in [0.2, 0.25) is 0 Å². The van der Waals surface area contributed by atoms with Crippen LogP contribution in [0.15, 0.2) is 29.6 Å². The van der Waals surface area contributed by atoms with Gasteiger partial charge in [-0.05, 0) is 48.1 Å². The third kappa shape index (κ3) is 4.67. The standard InChI is InChI=1S/C17H21IN4OS/c1-13-19-14(12-24-13)11-21-7-4-8-22(10-9-21)17(23)20-16-6-3-2-5-15(16)18/h2-3,5-6,12H,4,7-11H2,1H3,(H,20,23). The van der Waals surface area contributed by atoms with E-state index in [1.54, 1.807) is 11.3 Å². The molecule has 128 valence electrons. The van der Waals surface area contributed by atoms with Crippen molar-refractivity contribution < 1.29 is 4.79 Å². The van der Waals surface area contributed by atoms with Gasteiger partial charge in [-0.1, -0.05) is 12.1 Å². The number of hydrogen-bond donors (Lipinski definition) is 1. The van der Waals surface area contributed by atoms with Crippen molar-refractivity contribution in [3.63, 3.8) is 0 Å². The van der Waals surface area contributed by atoms with Gasteiger partial charge in [0.2, 0.25) is 0 Å². The number of para-hydroxylation sites is 1. The van der Waals surface area contributed by atoms with E-state index in [1.807, 2.05) is 36.1 Å². The van der Waals surface area contributed by atoms with Crippen LogP contribution in [0.1, 0.15) is 17.1 Å². The zero-order chi connectivity index (χ0) is 16.9. The molecule has 1 aliphatic rings. The Morgan fingerprint density at radius 1 is 1.29 bits per heavy atom. The minimum absolute atomic E-state index is 0.00883. The molecule has 2 aromatic rings. The summed E-state index contributed by atoms with van der Waals surface area (Å²) in [4.78, 5) is 21.4. The SMILES string of the molecule is Cc1nc(CN2CCCN(C(=O)Nc3ccccc3I)CC2)cs1. The largest absolute Gasteiger partial charge is 0.323 e. The molecule has 2 heterocycles. The molecule has 3 rings (SSSR count). The van der Waals surface area contributed by atoms with Gasteiger partial charge >= 0.3 is 6.03 Å². The van der Waals surface area contributed by atoms with Crippen LogP contribution in [-0.2, 0) is 6.54 Å². The van der Waals surface area contributed by atoms with Crippen LogP contribution in [0.5, 0.6) is 0 Å². The number of rotatable bonds is 3. The fraction of sp³-hybridized carbons (Fsp3) is 0.412. The Bertz CT molecular complexity index is 705. The number of aryl methyl sites for hydroxylation is 1. The van der Waals surface area contributed by atoms with Crippen molar-refractivity contribution in [3.8, 4) is 0 Å². The second-order valence-electron chi connectivity index (χ2n) is 5.88. The number of nitrogens with one attached hydrogen (secondary N) is 1. The normalized spacial score (nSPS) is 16.0. The maximum absolute atomic E-state index is 12.5. The number of hydrogen-bond acceptors (Lipinski definition) is 4. The van der Waals surface area contributed by atoms with Crippen LogP contribution in [0.4, 0.5) is 10.5 Å². The van der Waals surface area contributed by atoms with E-state index in [1.165, 1.54) is 0 Å². The summed E-state index contributed by atoms with van der Waals surface area (Å²) >= 11 is 3.94. The molecular weight excluding hydrogens is 435 g/mol. The monoisotopic (exact) mass is 456 g/mol. The molecule has 1 aliphatic heterocycles. The van der Waals surface area contributed by atoms with E-state index >= 15 is 0 Å². The average Bonchev–Trinajstić information content (AvgIpc) is 2.82. The van der Waals surface area contributed by atoms with Gasteiger partial charge < -0.3 is 10.2 Å². The average molecular weight is 456 g/mol. The number of nitrogens with zero attached hydrogens (tertiary/aromatic N) is 3. The highest BCUT2D eigenvalue weighted by Crippen LogP contribution is 2.18. The predicted molar refractivity (Wildman–Crippen MR) is 106 cm³/mol. The van der Waals surface area contributed by atoms with Crippen molar-refractivity contribution in [3.05, 3.63) is 43.9 Å². The van der Waals surface area contributed by atoms with Gasteiger partial charge in [-0.15, -0.1) is 11.3 Å². The smallest absolute Gasteiger partial charge is 0.321 e. The molecule has 0 spiro atoms. The van der Waals surface area contributed by atoms with Gasteiger partial charge in [-0.2, -0.15) is 0 Å². The zero-order valence-corrected chi connectivity index (χ0v) is 16.6. The molecule has 0 aliphatic carbocycles. The number of carbonyl (C=O) groups excluding carboxylic acids is 1. The molecule has 7 heteroatoms. The Labute approximate surface area is 160 Å². The summed E-state index contributed by atoms with van der Waals surface area (Å²) in [6.45, 7) is 6.34. The number of amides is 2. The number of aromatic nitrogens is 1. The molecule has 0 atom stereocenters. The Morgan fingerprint density at radius 3 is 2.88 bits per heavy atom. The van der Waals surface area contributed by atoms with E-state index in [-0.39, 0.29) is 6.03 Å². The molecular formula is C17H21IN4OS. The third-order valence-corrected chi connectivity index (χ3v) is 5.81. The first-order valence-electron chi connectivity index (χ1n) is 8.05. The number of urea groups is 1. The first kappa shape index (κ1) is 17.6. The molecule has 1 aromatic heterocycles. The van der Waals surface area contributed by atoms with E-state index in [0.29, 0.717) is 0 Å². The minimum Gasteiger partial charge on any atom is -0.323 e. The lowest BCUT2D eigenvalue weighted by atomic mass is 10.3. The molecule has 2 amide bonds. The molecule has 0 unspecified atom stereocenters. The minimum atomic E-state index is -0.00883. The van der Waals surface area contributed by atoms with E-state index in [0.717, 1.165) is 59.1 Å². The summed E-state index contributed by atoms with van der Waals surface area (Å²) in [6, 6.07) is 7.84. The highest BCUT2D eigenvalue weighted by molar-refractivity contribution is 14.1. The van der Waals surface area contributed by atoms with Gasteiger partial charge in [0.05, 0.1) is 16.4 Å². The summed E-state index contributed by atoms with van der Waals surface area (Å²) < 4.78 is 1.05. The first-order chi connectivity index (χ1) is 11.6. The van der Waals surface area contributed by atoms with Gasteiger partial charge in [0.15, 0.2) is 0 Å². The van der Waals surface area contributed by atoms with Crippen LogP contribution in [0.3, 0.4) is 0 Å². The molecule has 1 saturated heterocycles. The molecule has 1 aromatic carbocycles. The maximum Gasteiger partial charge on any atom is 0.321 e. The summed E-state index contributed by atoms with van der Waals surface area (Å²) in [5.74, 6) is 0. The number of benzene rings is 1. The fourth-order valence-corrected chi connectivity index (χ4v) is 3.92. The van der Waals surface area contributed by atoms with Gasteiger partial charge in [0, 0.05) is 41.7 Å². The Morgan fingerprint density at radius 2 is 2.12 bits per heavy atom. The second kappa shape index (κ2) is 8.26. The summed E-state index contributed by atoms with van der Waals surface area (Å²) in [5, 5.41) is 6.26. The van der Waals surface area contributed by atoms with Crippen molar-refractivity contribution >= 4 is 45.6 Å². The van der Waals surface area contributed by atoms with E-state index < -0.39 is 0 Å². The molecule has 0 saturated carbocycles. The molecule has 24 heavy (non-hydrogen) atoms. The zero-order valence-electron chi connectivity index (χ0n) is 13.7. The Balaban J connectivity index is 1.55. The number of halogens is 1. The maximum atomic E-state index is 12.5. The van der Waals surface area contributed by atoms with Crippen molar-refractivity contribution in [1.82, 2.24) is 14.8 Å². The van der Waals surface area contributed by atoms with Gasteiger partial charge in [-0.3, -0.25) is 4.90 Å². The Hall–Kier alpha value is -1.19. The van der Waals surface area contributed by atoms with Gasteiger partial charge in [-0.25, -0.2) is 9.78 Å². The predicted octanol–water partition coefficient (Wildman–Crippen LogP) is 3.80. The van der Waals surface area contributed by atoms with Crippen molar-refractivity contribution in [2.24, 2.45) is 0 Å². The third-order valence-electron chi connectivity index (χ3n) is 4.04. The fourth-order valence-electron chi connectivity index (χ4n) is 2.80.